The molecule has 0 aliphatic heterocycles. The zero-order valence-corrected chi connectivity index (χ0v) is 9.59. The summed E-state index contributed by atoms with van der Waals surface area (Å²) in [4.78, 5) is 11.0. The summed E-state index contributed by atoms with van der Waals surface area (Å²) < 4.78 is 0. The van der Waals surface area contributed by atoms with Crippen molar-refractivity contribution < 1.29 is 9.90 Å². The molecule has 1 rings (SSSR count). The van der Waals surface area contributed by atoms with Crippen molar-refractivity contribution in [3.8, 4) is 5.75 Å². The molecule has 1 aromatic carbocycles. The number of hydrogen-bond acceptors (Lipinski definition) is 2. The van der Waals surface area contributed by atoms with E-state index in [9.17, 15) is 9.90 Å². The van der Waals surface area contributed by atoms with E-state index in [0.717, 1.165) is 16.8 Å². The molecule has 15 heavy (non-hydrogen) atoms. The molecule has 0 heterocycles. The summed E-state index contributed by atoms with van der Waals surface area (Å²) in [6.07, 6.45) is 0. The number of hydrogen-bond donors (Lipinski definition) is 2. The maximum absolute atomic E-state index is 11.0. The van der Waals surface area contributed by atoms with Crippen LogP contribution in [0.15, 0.2) is 12.1 Å². The van der Waals surface area contributed by atoms with Crippen molar-refractivity contribution in [1.82, 2.24) is 0 Å². The summed E-state index contributed by atoms with van der Waals surface area (Å²) in [5, 5.41) is 12.4. The lowest BCUT2D eigenvalue weighted by atomic mass is 9.98. The summed E-state index contributed by atoms with van der Waals surface area (Å²) in [5.41, 5.74) is 2.50. The molecule has 3 nitrogen and oxygen atoms in total. The van der Waals surface area contributed by atoms with Gasteiger partial charge < -0.3 is 10.4 Å². The first-order valence-electron chi connectivity index (χ1n) is 5.03. The zero-order valence-electron chi connectivity index (χ0n) is 9.59. The first-order valence-corrected chi connectivity index (χ1v) is 5.03. The van der Waals surface area contributed by atoms with Crippen LogP contribution in [0, 0.1) is 6.92 Å². The molecule has 0 radical (unpaired) electrons. The third-order valence-electron chi connectivity index (χ3n) is 2.30. The number of anilines is 1. The van der Waals surface area contributed by atoms with Crippen molar-refractivity contribution in [2.75, 3.05) is 5.32 Å². The summed E-state index contributed by atoms with van der Waals surface area (Å²) in [6, 6.07) is 3.51. The van der Waals surface area contributed by atoms with Gasteiger partial charge in [-0.25, -0.2) is 0 Å². The Morgan fingerprint density at radius 1 is 1.40 bits per heavy atom. The first-order chi connectivity index (χ1) is 6.91. The average Bonchev–Trinajstić information content (AvgIpc) is 2.09. The lowest BCUT2D eigenvalue weighted by Gasteiger charge is -2.14. The second-order valence-corrected chi connectivity index (χ2v) is 4.06. The molecule has 3 heteroatoms. The van der Waals surface area contributed by atoms with Crippen molar-refractivity contribution >= 4 is 11.6 Å². The molecule has 0 saturated carbocycles. The summed E-state index contributed by atoms with van der Waals surface area (Å²) in [5.74, 6) is 0.438. The molecule has 0 saturated heterocycles. The average molecular weight is 207 g/mol. The van der Waals surface area contributed by atoms with Gasteiger partial charge in [-0.1, -0.05) is 13.8 Å². The van der Waals surface area contributed by atoms with Crippen LogP contribution in [0.3, 0.4) is 0 Å². The van der Waals surface area contributed by atoms with Crippen LogP contribution in [-0.4, -0.2) is 11.0 Å². The van der Waals surface area contributed by atoms with E-state index in [4.69, 9.17) is 0 Å². The molecule has 0 aliphatic carbocycles. The number of carbonyl (C=O) groups is 1. The van der Waals surface area contributed by atoms with E-state index < -0.39 is 0 Å². The second kappa shape index (κ2) is 4.34. The molecular weight excluding hydrogens is 190 g/mol. The highest BCUT2D eigenvalue weighted by molar-refractivity contribution is 5.90. The molecule has 0 spiro atoms. The van der Waals surface area contributed by atoms with E-state index in [1.807, 2.05) is 20.8 Å². The molecule has 0 aliphatic rings. The Morgan fingerprint density at radius 3 is 2.47 bits per heavy atom. The third-order valence-corrected chi connectivity index (χ3v) is 2.30. The van der Waals surface area contributed by atoms with Crippen LogP contribution in [-0.2, 0) is 4.79 Å². The molecule has 0 atom stereocenters. The van der Waals surface area contributed by atoms with Gasteiger partial charge in [0.15, 0.2) is 0 Å². The highest BCUT2D eigenvalue weighted by Gasteiger charge is 2.10. The smallest absolute Gasteiger partial charge is 0.221 e. The van der Waals surface area contributed by atoms with E-state index in [1.165, 1.54) is 6.92 Å². The van der Waals surface area contributed by atoms with E-state index in [-0.39, 0.29) is 17.6 Å². The fourth-order valence-corrected chi connectivity index (χ4v) is 1.49. The monoisotopic (exact) mass is 207 g/mol. The normalized spacial score (nSPS) is 10.5. The number of nitrogens with one attached hydrogen (secondary N) is 1. The van der Waals surface area contributed by atoms with Crippen molar-refractivity contribution in [1.29, 1.82) is 0 Å². The highest BCUT2D eigenvalue weighted by atomic mass is 16.3. The van der Waals surface area contributed by atoms with Gasteiger partial charge in [0.2, 0.25) is 5.91 Å². The summed E-state index contributed by atoms with van der Waals surface area (Å²) >= 11 is 0. The minimum atomic E-state index is -0.0954. The third kappa shape index (κ3) is 2.72. The second-order valence-electron chi connectivity index (χ2n) is 4.06. The van der Waals surface area contributed by atoms with Crippen LogP contribution in [0.2, 0.25) is 0 Å². The van der Waals surface area contributed by atoms with Crippen LogP contribution >= 0.6 is 0 Å². The van der Waals surface area contributed by atoms with Crippen LogP contribution in [0.1, 0.15) is 37.8 Å². The standard InChI is InChI=1S/C12H17NO2/c1-7(2)10-6-12(15)8(3)5-11(10)13-9(4)14/h5-7,15H,1-4H3,(H,13,14). The molecule has 1 amide bonds. The molecule has 1 aromatic rings. The topological polar surface area (TPSA) is 49.3 Å². The predicted molar refractivity (Wildman–Crippen MR) is 61.2 cm³/mol. The number of phenolic OH excluding ortho intramolecular Hbond substituents is 1. The molecule has 82 valence electrons. The van der Waals surface area contributed by atoms with Crippen LogP contribution in [0.5, 0.6) is 5.75 Å². The van der Waals surface area contributed by atoms with Gasteiger partial charge in [0.05, 0.1) is 0 Å². The molecular formula is C12H17NO2. The van der Waals surface area contributed by atoms with Gasteiger partial charge in [0.25, 0.3) is 0 Å². The fraction of sp³-hybridized carbons (Fsp3) is 0.417. The molecule has 2 N–H and O–H groups in total. The first kappa shape index (κ1) is 11.6. The molecule has 0 unspecified atom stereocenters. The van der Waals surface area contributed by atoms with Crippen molar-refractivity contribution in [3.63, 3.8) is 0 Å². The van der Waals surface area contributed by atoms with Gasteiger partial charge in [0, 0.05) is 12.6 Å². The van der Waals surface area contributed by atoms with E-state index in [1.54, 1.807) is 12.1 Å². The van der Waals surface area contributed by atoms with E-state index in [2.05, 4.69) is 5.32 Å². The lowest BCUT2D eigenvalue weighted by molar-refractivity contribution is -0.114. The van der Waals surface area contributed by atoms with Crippen LogP contribution in [0.4, 0.5) is 5.69 Å². The Morgan fingerprint density at radius 2 is 2.00 bits per heavy atom. The number of benzene rings is 1. The van der Waals surface area contributed by atoms with Crippen LogP contribution < -0.4 is 5.32 Å². The minimum absolute atomic E-state index is 0.0954. The Balaban J connectivity index is 3.21. The molecule has 0 aromatic heterocycles. The summed E-state index contributed by atoms with van der Waals surface area (Å²) in [7, 11) is 0. The highest BCUT2D eigenvalue weighted by Crippen LogP contribution is 2.30. The number of rotatable bonds is 2. The maximum Gasteiger partial charge on any atom is 0.221 e. The van der Waals surface area contributed by atoms with Gasteiger partial charge >= 0.3 is 0 Å². The fourth-order valence-electron chi connectivity index (χ4n) is 1.49. The van der Waals surface area contributed by atoms with Crippen molar-refractivity contribution in [2.24, 2.45) is 0 Å². The number of phenols is 1. The van der Waals surface area contributed by atoms with Crippen LogP contribution in [0.25, 0.3) is 0 Å². The Labute approximate surface area is 90.1 Å². The number of carbonyl (C=O) groups excluding carboxylic acids is 1. The zero-order chi connectivity index (χ0) is 11.6. The minimum Gasteiger partial charge on any atom is -0.508 e. The van der Waals surface area contributed by atoms with Crippen molar-refractivity contribution in [3.05, 3.63) is 23.3 Å². The molecule has 0 bridgehead atoms. The Bertz CT molecular complexity index is 383. The number of amides is 1. The van der Waals surface area contributed by atoms with Gasteiger partial charge in [-0.05, 0) is 36.1 Å². The number of aryl methyl sites for hydroxylation is 1. The maximum atomic E-state index is 11.0. The van der Waals surface area contributed by atoms with Crippen molar-refractivity contribution in [2.45, 2.75) is 33.6 Å². The predicted octanol–water partition coefficient (Wildman–Crippen LogP) is 2.78. The van der Waals surface area contributed by atoms with Gasteiger partial charge in [-0.15, -0.1) is 0 Å². The Kier molecular flexibility index (Phi) is 3.35. The van der Waals surface area contributed by atoms with Gasteiger partial charge in [0.1, 0.15) is 5.75 Å². The summed E-state index contributed by atoms with van der Waals surface area (Å²) in [6.45, 7) is 7.34. The molecule has 0 fully saturated rings. The quantitative estimate of drug-likeness (QED) is 0.732. The lowest BCUT2D eigenvalue weighted by Crippen LogP contribution is -2.09. The van der Waals surface area contributed by atoms with Gasteiger partial charge in [-0.3, -0.25) is 4.79 Å². The van der Waals surface area contributed by atoms with E-state index in [0.29, 0.717) is 0 Å². The largest absolute Gasteiger partial charge is 0.508 e. The number of aromatic hydroxyl groups is 1. The Hall–Kier alpha value is -1.51. The van der Waals surface area contributed by atoms with Gasteiger partial charge in [-0.2, -0.15) is 0 Å². The van der Waals surface area contributed by atoms with E-state index >= 15 is 0 Å². The SMILES string of the molecule is CC(=O)Nc1cc(C)c(O)cc1C(C)C.